The van der Waals surface area contributed by atoms with E-state index in [4.69, 9.17) is 5.73 Å². The SMILES string of the molecule is CCCC(C)C(N)c1ccc(I)cc1. The summed E-state index contributed by atoms with van der Waals surface area (Å²) in [5, 5.41) is 0. The molecule has 0 spiro atoms. The fraction of sp³-hybridized carbons (Fsp3) is 0.500. The van der Waals surface area contributed by atoms with Crippen molar-refractivity contribution in [1.29, 1.82) is 0 Å². The van der Waals surface area contributed by atoms with Crippen LogP contribution in [0.5, 0.6) is 0 Å². The second-order valence-electron chi connectivity index (χ2n) is 3.84. The average molecular weight is 303 g/mol. The van der Waals surface area contributed by atoms with Crippen LogP contribution < -0.4 is 5.73 Å². The van der Waals surface area contributed by atoms with Crippen LogP contribution in [-0.2, 0) is 0 Å². The number of benzene rings is 1. The van der Waals surface area contributed by atoms with Crippen molar-refractivity contribution < 1.29 is 0 Å². The summed E-state index contributed by atoms with van der Waals surface area (Å²) < 4.78 is 1.27. The maximum atomic E-state index is 6.17. The van der Waals surface area contributed by atoms with Crippen LogP contribution in [0.4, 0.5) is 0 Å². The number of halogens is 1. The molecule has 0 amide bonds. The molecule has 0 aliphatic rings. The van der Waals surface area contributed by atoms with E-state index in [0.717, 1.165) is 0 Å². The first kappa shape index (κ1) is 12.0. The molecule has 0 saturated carbocycles. The van der Waals surface area contributed by atoms with Crippen LogP contribution in [0.1, 0.15) is 38.3 Å². The van der Waals surface area contributed by atoms with Gasteiger partial charge < -0.3 is 5.73 Å². The monoisotopic (exact) mass is 303 g/mol. The molecule has 1 aromatic rings. The van der Waals surface area contributed by atoms with Gasteiger partial charge in [-0.05, 0) is 52.6 Å². The number of rotatable bonds is 4. The summed E-state index contributed by atoms with van der Waals surface area (Å²) in [6.45, 7) is 4.43. The highest BCUT2D eigenvalue weighted by Crippen LogP contribution is 2.23. The highest BCUT2D eigenvalue weighted by Gasteiger charge is 2.13. The zero-order chi connectivity index (χ0) is 10.6. The largest absolute Gasteiger partial charge is 0.324 e. The molecular weight excluding hydrogens is 285 g/mol. The molecule has 2 N–H and O–H groups in total. The molecule has 2 unspecified atom stereocenters. The highest BCUT2D eigenvalue weighted by atomic mass is 127. The molecule has 14 heavy (non-hydrogen) atoms. The molecular formula is C12H18IN. The Morgan fingerprint density at radius 2 is 1.86 bits per heavy atom. The van der Waals surface area contributed by atoms with E-state index in [9.17, 15) is 0 Å². The summed E-state index contributed by atoms with van der Waals surface area (Å²) in [7, 11) is 0. The normalized spacial score (nSPS) is 15.1. The van der Waals surface area contributed by atoms with Crippen molar-refractivity contribution in [3.8, 4) is 0 Å². The van der Waals surface area contributed by atoms with Crippen LogP contribution in [-0.4, -0.2) is 0 Å². The van der Waals surface area contributed by atoms with E-state index < -0.39 is 0 Å². The van der Waals surface area contributed by atoms with Crippen molar-refractivity contribution in [2.24, 2.45) is 11.7 Å². The predicted octanol–water partition coefficient (Wildman–Crippen LogP) is 3.73. The Morgan fingerprint density at radius 1 is 1.29 bits per heavy atom. The summed E-state index contributed by atoms with van der Waals surface area (Å²) in [6, 6.07) is 8.70. The van der Waals surface area contributed by atoms with E-state index in [-0.39, 0.29) is 6.04 Å². The third-order valence-corrected chi connectivity index (χ3v) is 3.33. The standard InChI is InChI=1S/C12H18IN/c1-3-4-9(2)12(14)10-5-7-11(13)8-6-10/h5-9,12H,3-4,14H2,1-2H3. The van der Waals surface area contributed by atoms with Gasteiger partial charge in [0.2, 0.25) is 0 Å². The third-order valence-electron chi connectivity index (χ3n) is 2.61. The van der Waals surface area contributed by atoms with E-state index in [1.807, 2.05) is 0 Å². The van der Waals surface area contributed by atoms with Crippen molar-refractivity contribution in [1.82, 2.24) is 0 Å². The van der Waals surface area contributed by atoms with E-state index in [0.29, 0.717) is 5.92 Å². The smallest absolute Gasteiger partial charge is 0.0320 e. The van der Waals surface area contributed by atoms with Gasteiger partial charge in [-0.2, -0.15) is 0 Å². The first-order valence-corrected chi connectivity index (χ1v) is 6.24. The molecule has 0 saturated heterocycles. The van der Waals surface area contributed by atoms with Gasteiger partial charge in [0.05, 0.1) is 0 Å². The second kappa shape index (κ2) is 5.71. The molecule has 0 aliphatic heterocycles. The van der Waals surface area contributed by atoms with Crippen molar-refractivity contribution in [3.05, 3.63) is 33.4 Å². The minimum atomic E-state index is 0.187. The Balaban J connectivity index is 2.68. The molecule has 1 aromatic carbocycles. The first-order valence-electron chi connectivity index (χ1n) is 5.16. The fourth-order valence-corrected chi connectivity index (χ4v) is 2.01. The quantitative estimate of drug-likeness (QED) is 0.843. The molecule has 0 heterocycles. The fourth-order valence-electron chi connectivity index (χ4n) is 1.65. The van der Waals surface area contributed by atoms with Crippen molar-refractivity contribution in [3.63, 3.8) is 0 Å². The van der Waals surface area contributed by atoms with Crippen LogP contribution in [0.3, 0.4) is 0 Å². The van der Waals surface area contributed by atoms with Crippen molar-refractivity contribution in [2.45, 2.75) is 32.7 Å². The zero-order valence-electron chi connectivity index (χ0n) is 8.83. The van der Waals surface area contributed by atoms with Gasteiger partial charge in [0.1, 0.15) is 0 Å². The predicted molar refractivity (Wildman–Crippen MR) is 70.2 cm³/mol. The Bertz CT molecular complexity index is 268. The first-order chi connectivity index (χ1) is 6.65. The lowest BCUT2D eigenvalue weighted by Gasteiger charge is -2.19. The maximum absolute atomic E-state index is 6.17. The molecule has 0 fully saturated rings. The van der Waals surface area contributed by atoms with E-state index in [2.05, 4.69) is 60.7 Å². The van der Waals surface area contributed by atoms with Crippen molar-refractivity contribution >= 4 is 22.6 Å². The molecule has 0 bridgehead atoms. The van der Waals surface area contributed by atoms with E-state index >= 15 is 0 Å². The Hall–Kier alpha value is -0.0900. The topological polar surface area (TPSA) is 26.0 Å². The lowest BCUT2D eigenvalue weighted by molar-refractivity contribution is 0.433. The molecule has 2 heteroatoms. The highest BCUT2D eigenvalue weighted by molar-refractivity contribution is 14.1. The van der Waals surface area contributed by atoms with Gasteiger partial charge in [-0.3, -0.25) is 0 Å². The molecule has 0 aromatic heterocycles. The van der Waals surface area contributed by atoms with Crippen LogP contribution >= 0.6 is 22.6 Å². The minimum Gasteiger partial charge on any atom is -0.324 e. The van der Waals surface area contributed by atoms with Crippen LogP contribution in [0, 0.1) is 9.49 Å². The van der Waals surface area contributed by atoms with Crippen LogP contribution in [0.15, 0.2) is 24.3 Å². The van der Waals surface area contributed by atoms with Crippen LogP contribution in [0.2, 0.25) is 0 Å². The average Bonchev–Trinajstić information content (AvgIpc) is 2.18. The molecule has 0 aliphatic carbocycles. The molecule has 1 rings (SSSR count). The summed E-state index contributed by atoms with van der Waals surface area (Å²) >= 11 is 2.31. The Labute approximate surface area is 100 Å². The number of nitrogens with two attached hydrogens (primary N) is 1. The minimum absolute atomic E-state index is 0.187. The number of hydrogen-bond donors (Lipinski definition) is 1. The van der Waals surface area contributed by atoms with Gasteiger partial charge in [-0.1, -0.05) is 32.4 Å². The van der Waals surface area contributed by atoms with Gasteiger partial charge >= 0.3 is 0 Å². The maximum Gasteiger partial charge on any atom is 0.0320 e. The lowest BCUT2D eigenvalue weighted by atomic mass is 9.92. The third kappa shape index (κ3) is 3.24. The molecule has 78 valence electrons. The Morgan fingerprint density at radius 3 is 2.36 bits per heavy atom. The van der Waals surface area contributed by atoms with Crippen molar-refractivity contribution in [2.75, 3.05) is 0 Å². The zero-order valence-corrected chi connectivity index (χ0v) is 11.0. The van der Waals surface area contributed by atoms with Gasteiger partial charge in [0.15, 0.2) is 0 Å². The van der Waals surface area contributed by atoms with E-state index in [1.165, 1.54) is 22.0 Å². The lowest BCUT2D eigenvalue weighted by Crippen LogP contribution is -2.18. The summed E-state index contributed by atoms with van der Waals surface area (Å²) in [5.41, 5.74) is 7.43. The molecule has 2 atom stereocenters. The second-order valence-corrected chi connectivity index (χ2v) is 5.09. The number of hydrogen-bond acceptors (Lipinski definition) is 1. The Kier molecular flexibility index (Phi) is 4.89. The van der Waals surface area contributed by atoms with Gasteiger partial charge in [-0.25, -0.2) is 0 Å². The summed E-state index contributed by atoms with van der Waals surface area (Å²) in [6.07, 6.45) is 2.41. The van der Waals surface area contributed by atoms with Gasteiger partial charge in [0, 0.05) is 9.61 Å². The van der Waals surface area contributed by atoms with E-state index in [1.54, 1.807) is 0 Å². The summed E-state index contributed by atoms with van der Waals surface area (Å²) in [4.78, 5) is 0. The van der Waals surface area contributed by atoms with Crippen LogP contribution in [0.25, 0.3) is 0 Å². The summed E-state index contributed by atoms with van der Waals surface area (Å²) in [5.74, 6) is 0.570. The molecule has 0 radical (unpaired) electrons. The van der Waals surface area contributed by atoms with Gasteiger partial charge in [-0.15, -0.1) is 0 Å². The van der Waals surface area contributed by atoms with Gasteiger partial charge in [0.25, 0.3) is 0 Å². The molecule has 1 nitrogen and oxygen atoms in total.